The third-order valence-electron chi connectivity index (χ3n) is 4.67. The molecule has 0 bridgehead atoms. The number of hydrogen-bond acceptors (Lipinski definition) is 3. The van der Waals surface area contributed by atoms with E-state index >= 15 is 0 Å². The second-order valence-corrected chi connectivity index (χ2v) is 6.78. The average Bonchev–Trinajstić information content (AvgIpc) is 2.52. The number of carbonyl (C=O) groups excluding carboxylic acids is 2. The molecule has 118 valence electrons. The Morgan fingerprint density at radius 2 is 1.91 bits per heavy atom. The van der Waals surface area contributed by atoms with Crippen molar-refractivity contribution in [3.8, 4) is 0 Å². The van der Waals surface area contributed by atoms with Gasteiger partial charge in [0, 0.05) is 12.2 Å². The molecule has 1 aliphatic carbocycles. The quantitative estimate of drug-likeness (QED) is 0.911. The van der Waals surface area contributed by atoms with E-state index in [0.29, 0.717) is 5.69 Å². The molecule has 1 saturated heterocycles. The van der Waals surface area contributed by atoms with Crippen molar-refractivity contribution in [1.82, 2.24) is 15.2 Å². The van der Waals surface area contributed by atoms with Gasteiger partial charge in [0.15, 0.2) is 6.04 Å². The van der Waals surface area contributed by atoms with E-state index in [2.05, 4.69) is 10.3 Å². The molecule has 3 rings (SSSR count). The molecule has 1 atom stereocenters. The van der Waals surface area contributed by atoms with Gasteiger partial charge < -0.3 is 10.2 Å². The first-order valence-electron chi connectivity index (χ1n) is 8.06. The Morgan fingerprint density at radius 3 is 2.55 bits per heavy atom. The number of piperazine rings is 1. The summed E-state index contributed by atoms with van der Waals surface area (Å²) in [5, 5.41) is 2.85. The van der Waals surface area contributed by atoms with Crippen molar-refractivity contribution < 1.29 is 9.59 Å². The summed E-state index contributed by atoms with van der Waals surface area (Å²) in [6.45, 7) is 3.55. The van der Waals surface area contributed by atoms with Crippen LogP contribution in [0.15, 0.2) is 24.4 Å². The largest absolute Gasteiger partial charge is 0.340 e. The molecular formula is C17H23N3O2. The van der Waals surface area contributed by atoms with E-state index in [0.717, 1.165) is 25.7 Å². The molecule has 2 aliphatic rings. The highest BCUT2D eigenvalue weighted by molar-refractivity contribution is 5.99. The fourth-order valence-corrected chi connectivity index (χ4v) is 3.55. The highest BCUT2D eigenvalue weighted by atomic mass is 16.2. The van der Waals surface area contributed by atoms with Crippen molar-refractivity contribution in [1.29, 1.82) is 0 Å². The van der Waals surface area contributed by atoms with Crippen LogP contribution < -0.4 is 5.32 Å². The number of carbonyl (C=O) groups is 2. The smallest absolute Gasteiger partial charge is 0.249 e. The molecule has 1 saturated carbocycles. The van der Waals surface area contributed by atoms with Gasteiger partial charge in [-0.2, -0.15) is 0 Å². The number of hydrogen-bond donors (Lipinski definition) is 1. The Kier molecular flexibility index (Phi) is 3.89. The SMILES string of the molecule is CC1(C)NC(=O)C(c2ccccn2)N(C2CCCCC2)C1=O. The topological polar surface area (TPSA) is 62.3 Å². The van der Waals surface area contributed by atoms with Crippen molar-refractivity contribution in [2.75, 3.05) is 0 Å². The number of amides is 2. The molecule has 1 aromatic heterocycles. The molecule has 2 fully saturated rings. The molecule has 5 nitrogen and oxygen atoms in total. The lowest BCUT2D eigenvalue weighted by molar-refractivity contribution is -0.157. The lowest BCUT2D eigenvalue weighted by Gasteiger charge is -2.47. The average molecular weight is 301 g/mol. The predicted octanol–water partition coefficient (Wildman–Crippen LogP) is 2.19. The van der Waals surface area contributed by atoms with Crippen molar-refractivity contribution in [2.45, 2.75) is 63.6 Å². The first-order chi connectivity index (χ1) is 10.5. The first kappa shape index (κ1) is 15.0. The second-order valence-electron chi connectivity index (χ2n) is 6.78. The molecule has 2 amide bonds. The standard InChI is InChI=1S/C17H23N3O2/c1-17(2)16(22)20(12-8-4-3-5-9-12)14(15(21)19-17)13-10-6-7-11-18-13/h6-7,10-12,14H,3-5,8-9H2,1-2H3,(H,19,21). The van der Waals surface area contributed by atoms with E-state index in [1.165, 1.54) is 6.42 Å². The molecule has 2 heterocycles. The van der Waals surface area contributed by atoms with Gasteiger partial charge in [0.05, 0.1) is 5.69 Å². The molecule has 1 N–H and O–H groups in total. The van der Waals surface area contributed by atoms with E-state index in [9.17, 15) is 9.59 Å². The van der Waals surface area contributed by atoms with Gasteiger partial charge in [0.25, 0.3) is 0 Å². The summed E-state index contributed by atoms with van der Waals surface area (Å²) in [6.07, 6.45) is 7.06. The number of aromatic nitrogens is 1. The van der Waals surface area contributed by atoms with Gasteiger partial charge in [-0.15, -0.1) is 0 Å². The second kappa shape index (κ2) is 5.71. The van der Waals surface area contributed by atoms with Crippen molar-refractivity contribution in [3.05, 3.63) is 30.1 Å². The predicted molar refractivity (Wildman–Crippen MR) is 82.9 cm³/mol. The van der Waals surface area contributed by atoms with Gasteiger partial charge in [0.1, 0.15) is 5.54 Å². The molecule has 1 aliphatic heterocycles. The van der Waals surface area contributed by atoms with Crippen LogP contribution in [0.5, 0.6) is 0 Å². The van der Waals surface area contributed by atoms with Gasteiger partial charge in [-0.1, -0.05) is 25.3 Å². The van der Waals surface area contributed by atoms with E-state index < -0.39 is 11.6 Å². The minimum Gasteiger partial charge on any atom is -0.340 e. The highest BCUT2D eigenvalue weighted by Gasteiger charge is 2.48. The lowest BCUT2D eigenvalue weighted by atomic mass is 9.88. The van der Waals surface area contributed by atoms with Crippen LogP contribution in [0.4, 0.5) is 0 Å². The third-order valence-corrected chi connectivity index (χ3v) is 4.67. The minimum absolute atomic E-state index is 0.00495. The molecule has 1 unspecified atom stereocenters. The number of pyridine rings is 1. The van der Waals surface area contributed by atoms with Crippen molar-refractivity contribution in [2.24, 2.45) is 0 Å². The van der Waals surface area contributed by atoms with Gasteiger partial charge >= 0.3 is 0 Å². The van der Waals surface area contributed by atoms with Crippen molar-refractivity contribution >= 4 is 11.8 Å². The van der Waals surface area contributed by atoms with Crippen molar-refractivity contribution in [3.63, 3.8) is 0 Å². The van der Waals surface area contributed by atoms with Crippen LogP contribution in [-0.2, 0) is 9.59 Å². The highest BCUT2D eigenvalue weighted by Crippen LogP contribution is 2.34. The molecule has 0 radical (unpaired) electrons. The van der Waals surface area contributed by atoms with Crippen LogP contribution in [0.3, 0.4) is 0 Å². The summed E-state index contributed by atoms with van der Waals surface area (Å²) in [6, 6.07) is 5.04. The molecule has 0 aromatic carbocycles. The van der Waals surface area contributed by atoms with Crippen LogP contribution in [0.2, 0.25) is 0 Å². The van der Waals surface area contributed by atoms with Gasteiger partial charge in [-0.3, -0.25) is 14.6 Å². The van der Waals surface area contributed by atoms with Crippen LogP contribution in [0.25, 0.3) is 0 Å². The maximum absolute atomic E-state index is 13.0. The lowest BCUT2D eigenvalue weighted by Crippen LogP contribution is -2.67. The van der Waals surface area contributed by atoms with Gasteiger partial charge in [0.2, 0.25) is 11.8 Å². The van der Waals surface area contributed by atoms with Gasteiger partial charge in [-0.05, 0) is 38.8 Å². The fourth-order valence-electron chi connectivity index (χ4n) is 3.55. The third kappa shape index (κ3) is 2.60. The normalized spacial score (nSPS) is 25.9. The van der Waals surface area contributed by atoms with Crippen LogP contribution in [0.1, 0.15) is 57.7 Å². The zero-order chi connectivity index (χ0) is 15.7. The first-order valence-corrected chi connectivity index (χ1v) is 8.06. The van der Waals surface area contributed by atoms with Crippen LogP contribution in [0, 0.1) is 0 Å². The summed E-state index contributed by atoms with van der Waals surface area (Å²) < 4.78 is 0. The summed E-state index contributed by atoms with van der Waals surface area (Å²) in [4.78, 5) is 31.8. The number of nitrogens with one attached hydrogen (secondary N) is 1. The van der Waals surface area contributed by atoms with E-state index in [-0.39, 0.29) is 17.9 Å². The summed E-state index contributed by atoms with van der Waals surface area (Å²) >= 11 is 0. The number of nitrogens with zero attached hydrogens (tertiary/aromatic N) is 2. The minimum atomic E-state index is -0.847. The summed E-state index contributed by atoms with van der Waals surface area (Å²) in [5.41, 5.74) is -0.200. The Hall–Kier alpha value is -1.91. The Bertz CT molecular complexity index is 565. The monoisotopic (exact) mass is 301 g/mol. The number of rotatable bonds is 2. The molecular weight excluding hydrogens is 278 g/mol. The van der Waals surface area contributed by atoms with E-state index in [1.807, 2.05) is 18.2 Å². The van der Waals surface area contributed by atoms with Crippen LogP contribution in [-0.4, -0.2) is 33.3 Å². The van der Waals surface area contributed by atoms with E-state index in [4.69, 9.17) is 0 Å². The Labute approximate surface area is 131 Å². The van der Waals surface area contributed by atoms with Gasteiger partial charge in [-0.25, -0.2) is 0 Å². The molecule has 22 heavy (non-hydrogen) atoms. The zero-order valence-corrected chi connectivity index (χ0v) is 13.2. The summed E-state index contributed by atoms with van der Waals surface area (Å²) in [7, 11) is 0. The fraction of sp³-hybridized carbons (Fsp3) is 0.588. The summed E-state index contributed by atoms with van der Waals surface area (Å²) in [5.74, 6) is -0.136. The molecule has 5 heteroatoms. The Balaban J connectivity index is 2.00. The molecule has 0 spiro atoms. The van der Waals surface area contributed by atoms with E-state index in [1.54, 1.807) is 24.9 Å². The maximum Gasteiger partial charge on any atom is 0.249 e. The van der Waals surface area contributed by atoms with Crippen LogP contribution >= 0.6 is 0 Å². The maximum atomic E-state index is 13.0. The Morgan fingerprint density at radius 1 is 1.18 bits per heavy atom. The molecule has 1 aromatic rings. The zero-order valence-electron chi connectivity index (χ0n) is 13.2.